The first-order chi connectivity index (χ1) is 14.6. The first-order valence-electron chi connectivity index (χ1n) is 10.2. The van der Waals surface area contributed by atoms with E-state index >= 15 is 0 Å². The van der Waals surface area contributed by atoms with Gasteiger partial charge in [-0.25, -0.2) is 8.42 Å². The van der Waals surface area contributed by atoms with Crippen LogP contribution < -0.4 is 4.74 Å². The molecule has 3 aromatic carbocycles. The van der Waals surface area contributed by atoms with Crippen LogP contribution in [-0.4, -0.2) is 19.8 Å². The van der Waals surface area contributed by atoms with Gasteiger partial charge in [0.25, 0.3) is 0 Å². The average molecular weight is 437 g/mol. The van der Waals surface area contributed by atoms with Crippen molar-refractivity contribution in [2.24, 2.45) is 0 Å². The van der Waals surface area contributed by atoms with E-state index in [1.165, 1.54) is 0 Å². The third-order valence-corrected chi connectivity index (χ3v) is 6.98. The Bertz CT molecular complexity index is 1120. The molecule has 0 fully saturated rings. The highest BCUT2D eigenvalue weighted by Gasteiger charge is 2.31. The van der Waals surface area contributed by atoms with Crippen LogP contribution in [0.2, 0.25) is 0 Å². The minimum atomic E-state index is -3.78. The van der Waals surface area contributed by atoms with Gasteiger partial charge in [0.05, 0.1) is 10.1 Å². The van der Waals surface area contributed by atoms with Gasteiger partial charge in [-0.2, -0.15) is 0 Å². The average Bonchev–Trinajstić information content (AvgIpc) is 2.72. The maximum Gasteiger partial charge on any atom is 0.185 e. The molecule has 162 valence electrons. The summed E-state index contributed by atoms with van der Waals surface area (Å²) in [5.41, 5.74) is 1.67. The molecule has 0 radical (unpaired) electrons. The van der Waals surface area contributed by atoms with E-state index < -0.39 is 15.1 Å². The topological polar surface area (TPSA) is 60.4 Å². The molecule has 0 bridgehead atoms. The van der Waals surface area contributed by atoms with Crippen molar-refractivity contribution >= 4 is 15.6 Å². The second-order valence-electron chi connectivity index (χ2n) is 8.62. The van der Waals surface area contributed by atoms with E-state index in [9.17, 15) is 13.2 Å². The standard InChI is InChI=1S/C26H28O4S/c1-19-10-16-23(17-11-19)31(28,29)25(18-24(27)20-8-6-5-7-9-20)21-12-14-22(15-13-21)30-26(2,3)4/h5-17,25H,18H2,1-4H3. The zero-order valence-corrected chi connectivity index (χ0v) is 19.1. The molecule has 0 aliphatic carbocycles. The highest BCUT2D eigenvalue weighted by molar-refractivity contribution is 7.91. The summed E-state index contributed by atoms with van der Waals surface area (Å²) in [6.07, 6.45) is -0.139. The molecule has 0 aliphatic heterocycles. The molecule has 31 heavy (non-hydrogen) atoms. The van der Waals surface area contributed by atoms with Gasteiger partial charge in [0.1, 0.15) is 11.4 Å². The van der Waals surface area contributed by atoms with Crippen LogP contribution in [0.3, 0.4) is 0 Å². The fourth-order valence-electron chi connectivity index (χ4n) is 3.31. The summed E-state index contributed by atoms with van der Waals surface area (Å²) in [6.45, 7) is 7.75. The Kier molecular flexibility index (Phi) is 6.65. The lowest BCUT2D eigenvalue weighted by atomic mass is 10.0. The number of hydrogen-bond donors (Lipinski definition) is 0. The summed E-state index contributed by atoms with van der Waals surface area (Å²) in [5.74, 6) is 0.438. The molecular formula is C26H28O4S. The van der Waals surface area contributed by atoms with Crippen molar-refractivity contribution in [2.75, 3.05) is 0 Å². The Morgan fingerprint density at radius 1 is 0.871 bits per heavy atom. The van der Waals surface area contributed by atoms with E-state index in [-0.39, 0.29) is 22.7 Å². The Balaban J connectivity index is 1.99. The van der Waals surface area contributed by atoms with Gasteiger partial charge >= 0.3 is 0 Å². The first kappa shape index (κ1) is 22.8. The Morgan fingerprint density at radius 3 is 2.00 bits per heavy atom. The lowest BCUT2D eigenvalue weighted by Crippen LogP contribution is -2.23. The largest absolute Gasteiger partial charge is 0.488 e. The molecule has 0 amide bonds. The normalized spacial score (nSPS) is 12.9. The molecule has 0 N–H and O–H groups in total. The SMILES string of the molecule is Cc1ccc(S(=O)(=O)C(CC(=O)c2ccccc2)c2ccc(OC(C)(C)C)cc2)cc1. The smallest absolute Gasteiger partial charge is 0.185 e. The fraction of sp³-hybridized carbons (Fsp3) is 0.269. The quantitative estimate of drug-likeness (QED) is 0.429. The van der Waals surface area contributed by atoms with Gasteiger partial charge in [-0.15, -0.1) is 0 Å². The van der Waals surface area contributed by atoms with Gasteiger partial charge in [-0.3, -0.25) is 4.79 Å². The predicted octanol–water partition coefficient (Wildman–Crippen LogP) is 5.96. The summed E-state index contributed by atoms with van der Waals surface area (Å²) in [4.78, 5) is 13.1. The monoisotopic (exact) mass is 436 g/mol. The molecule has 0 aromatic heterocycles. The van der Waals surface area contributed by atoms with Crippen molar-refractivity contribution < 1.29 is 17.9 Å². The lowest BCUT2D eigenvalue weighted by molar-refractivity contribution is 0.0980. The fourth-order valence-corrected chi connectivity index (χ4v) is 5.04. The van der Waals surface area contributed by atoms with Crippen LogP contribution in [-0.2, 0) is 9.84 Å². The highest BCUT2D eigenvalue weighted by atomic mass is 32.2. The number of carbonyl (C=O) groups excluding carboxylic acids is 1. The lowest BCUT2D eigenvalue weighted by Gasteiger charge is -2.22. The van der Waals surface area contributed by atoms with Crippen LogP contribution >= 0.6 is 0 Å². The van der Waals surface area contributed by atoms with Crippen molar-refractivity contribution in [3.63, 3.8) is 0 Å². The summed E-state index contributed by atoms with van der Waals surface area (Å²) in [6, 6.07) is 22.5. The number of benzene rings is 3. The Morgan fingerprint density at radius 2 is 1.45 bits per heavy atom. The van der Waals surface area contributed by atoms with Crippen molar-refractivity contribution in [1.82, 2.24) is 0 Å². The minimum absolute atomic E-state index is 0.139. The molecule has 1 unspecified atom stereocenters. The third-order valence-electron chi connectivity index (χ3n) is 4.87. The number of sulfone groups is 1. The van der Waals surface area contributed by atoms with Gasteiger partial charge in [-0.05, 0) is 57.5 Å². The number of aryl methyl sites for hydroxylation is 1. The molecule has 5 heteroatoms. The van der Waals surface area contributed by atoms with Crippen LogP contribution in [0.4, 0.5) is 0 Å². The molecule has 0 saturated carbocycles. The number of ether oxygens (including phenoxy) is 1. The Hall–Kier alpha value is -2.92. The van der Waals surface area contributed by atoms with Crippen molar-refractivity contribution in [2.45, 2.75) is 49.9 Å². The molecule has 3 aromatic rings. The maximum atomic E-state index is 13.5. The van der Waals surface area contributed by atoms with Crippen LogP contribution in [0.5, 0.6) is 5.75 Å². The molecule has 1 atom stereocenters. The van der Waals surface area contributed by atoms with Gasteiger partial charge in [0.2, 0.25) is 0 Å². The zero-order valence-electron chi connectivity index (χ0n) is 18.3. The van der Waals surface area contributed by atoms with Gasteiger partial charge in [0.15, 0.2) is 15.6 Å². The minimum Gasteiger partial charge on any atom is -0.488 e. The first-order valence-corrected chi connectivity index (χ1v) is 11.8. The second kappa shape index (κ2) is 9.06. The molecule has 0 spiro atoms. The summed E-state index contributed by atoms with van der Waals surface area (Å²) >= 11 is 0. The van der Waals surface area contributed by atoms with Crippen molar-refractivity contribution in [3.05, 3.63) is 95.6 Å². The van der Waals surface area contributed by atoms with Crippen LogP contribution in [0.25, 0.3) is 0 Å². The second-order valence-corrected chi connectivity index (χ2v) is 10.8. The molecule has 0 heterocycles. The number of Topliss-reactive ketones (excluding diaryl/α,β-unsaturated/α-hetero) is 1. The summed E-state index contributed by atoms with van der Waals surface area (Å²) < 4.78 is 32.9. The summed E-state index contributed by atoms with van der Waals surface area (Å²) in [7, 11) is -3.78. The van der Waals surface area contributed by atoms with Gasteiger partial charge < -0.3 is 4.74 Å². The van der Waals surface area contributed by atoms with E-state index in [2.05, 4.69) is 0 Å². The van der Waals surface area contributed by atoms with E-state index in [1.54, 1.807) is 72.8 Å². The van der Waals surface area contributed by atoms with Gasteiger partial charge in [0, 0.05) is 12.0 Å². The summed E-state index contributed by atoms with van der Waals surface area (Å²) in [5, 5.41) is -0.994. The molecule has 0 saturated heterocycles. The van der Waals surface area contributed by atoms with Crippen molar-refractivity contribution in [1.29, 1.82) is 0 Å². The predicted molar refractivity (Wildman–Crippen MR) is 123 cm³/mol. The Labute approximate surface area is 184 Å². The third kappa shape index (κ3) is 5.82. The highest BCUT2D eigenvalue weighted by Crippen LogP contribution is 2.34. The zero-order chi connectivity index (χ0) is 22.6. The molecule has 4 nitrogen and oxygen atoms in total. The molecule has 3 rings (SSSR count). The van der Waals surface area contributed by atoms with E-state index in [4.69, 9.17) is 4.74 Å². The van der Waals surface area contributed by atoms with Crippen LogP contribution in [0, 0.1) is 6.92 Å². The maximum absolute atomic E-state index is 13.5. The number of ketones is 1. The van der Waals surface area contributed by atoms with Crippen molar-refractivity contribution in [3.8, 4) is 5.75 Å². The number of carbonyl (C=O) groups is 1. The van der Waals surface area contributed by atoms with E-state index in [1.807, 2.05) is 33.8 Å². The molecule has 0 aliphatic rings. The number of hydrogen-bond acceptors (Lipinski definition) is 4. The molecular weight excluding hydrogens is 408 g/mol. The van der Waals surface area contributed by atoms with E-state index in [0.29, 0.717) is 16.9 Å². The van der Waals surface area contributed by atoms with Crippen LogP contribution in [0.1, 0.15) is 53.9 Å². The number of rotatable bonds is 7. The van der Waals surface area contributed by atoms with Crippen LogP contribution in [0.15, 0.2) is 83.8 Å². The van der Waals surface area contributed by atoms with E-state index in [0.717, 1.165) is 5.56 Å². The van der Waals surface area contributed by atoms with Gasteiger partial charge in [-0.1, -0.05) is 60.2 Å².